The Hall–Kier alpha value is -0.943. The molecule has 0 aliphatic heterocycles. The number of carbonyl (C=O) groups is 2. The second-order valence-electron chi connectivity index (χ2n) is 6.94. The van der Waals surface area contributed by atoms with Crippen LogP contribution in [0.4, 0.5) is 0 Å². The van der Waals surface area contributed by atoms with Crippen LogP contribution in [-0.2, 0) is 18.8 Å². The van der Waals surface area contributed by atoms with Crippen LogP contribution in [0.25, 0.3) is 0 Å². The maximum Gasteiger partial charge on any atom is 0.336 e. The molecule has 2 rings (SSSR count). The van der Waals surface area contributed by atoms with E-state index in [1.165, 1.54) is 7.11 Å². The smallest absolute Gasteiger partial charge is 0.336 e. The van der Waals surface area contributed by atoms with E-state index in [-0.39, 0.29) is 11.8 Å². The third-order valence-electron chi connectivity index (χ3n) is 4.52. The second kappa shape index (κ2) is 4.81. The molecule has 0 amide bonds. The molecular formula is C15H24O4Si. The summed E-state index contributed by atoms with van der Waals surface area (Å²) in [7, 11) is -0.535. The van der Waals surface area contributed by atoms with E-state index in [4.69, 9.17) is 9.16 Å². The van der Waals surface area contributed by atoms with Gasteiger partial charge in [0.05, 0.1) is 18.1 Å². The summed E-state index contributed by atoms with van der Waals surface area (Å²) in [5.41, 5.74) is -0.812. The number of ether oxygens (including phenoxy) is 1. The quantitative estimate of drug-likeness (QED) is 0.593. The van der Waals surface area contributed by atoms with Crippen LogP contribution >= 0.6 is 0 Å². The normalized spacial score (nSPS) is 33.6. The molecule has 0 saturated heterocycles. The minimum Gasteiger partial charge on any atom is -0.466 e. The molecule has 2 aliphatic carbocycles. The summed E-state index contributed by atoms with van der Waals surface area (Å²) in [5, 5.41) is 0. The topological polar surface area (TPSA) is 52.6 Å². The maximum absolute atomic E-state index is 12.4. The Balaban J connectivity index is 2.56. The van der Waals surface area contributed by atoms with Crippen molar-refractivity contribution in [3.05, 3.63) is 11.6 Å². The summed E-state index contributed by atoms with van der Waals surface area (Å²) < 4.78 is 11.4. The van der Waals surface area contributed by atoms with E-state index in [1.807, 2.05) is 13.0 Å². The highest BCUT2D eigenvalue weighted by atomic mass is 28.4. The van der Waals surface area contributed by atoms with Crippen molar-refractivity contribution >= 4 is 20.1 Å². The van der Waals surface area contributed by atoms with E-state index in [9.17, 15) is 9.59 Å². The van der Waals surface area contributed by atoms with E-state index in [2.05, 4.69) is 19.6 Å². The lowest BCUT2D eigenvalue weighted by Gasteiger charge is -2.48. The molecule has 20 heavy (non-hydrogen) atoms. The van der Waals surface area contributed by atoms with E-state index < -0.39 is 19.3 Å². The zero-order valence-corrected chi connectivity index (χ0v) is 14.0. The monoisotopic (exact) mass is 296 g/mol. The van der Waals surface area contributed by atoms with Crippen molar-refractivity contribution in [2.75, 3.05) is 7.11 Å². The molecule has 0 unspecified atom stereocenters. The van der Waals surface area contributed by atoms with E-state index in [0.29, 0.717) is 18.4 Å². The number of esters is 1. The van der Waals surface area contributed by atoms with Gasteiger partial charge in [-0.3, -0.25) is 4.79 Å². The first kappa shape index (κ1) is 15.4. The van der Waals surface area contributed by atoms with Crippen molar-refractivity contribution in [1.82, 2.24) is 0 Å². The number of carbonyl (C=O) groups excluding carboxylic acids is 2. The van der Waals surface area contributed by atoms with Crippen LogP contribution in [0.1, 0.15) is 32.6 Å². The standard InChI is InChI=1S/C15H24O4Si/c1-14-9-6-7-11(13(17)18-2)15(14,10-8-12(14)16)19-20(3,4)5/h7H,6,8-10H2,1-5H3/t14-,15+/m1/s1. The Kier molecular flexibility index (Phi) is 3.71. The third-order valence-corrected chi connectivity index (χ3v) is 5.49. The van der Waals surface area contributed by atoms with Gasteiger partial charge in [-0.1, -0.05) is 6.08 Å². The minimum atomic E-state index is -1.92. The zero-order chi connectivity index (χ0) is 15.2. The molecule has 0 heterocycles. The Labute approximate surface area is 121 Å². The van der Waals surface area contributed by atoms with Gasteiger partial charge in [0.25, 0.3) is 0 Å². The van der Waals surface area contributed by atoms with E-state index in [1.54, 1.807) is 0 Å². The summed E-state index contributed by atoms with van der Waals surface area (Å²) in [6.45, 7) is 8.23. The Morgan fingerprint density at radius 1 is 1.30 bits per heavy atom. The molecule has 4 nitrogen and oxygen atoms in total. The molecular weight excluding hydrogens is 272 g/mol. The van der Waals surface area contributed by atoms with Gasteiger partial charge in [-0.05, 0) is 45.8 Å². The van der Waals surface area contributed by atoms with Crippen molar-refractivity contribution in [3.63, 3.8) is 0 Å². The molecule has 0 aromatic rings. The zero-order valence-electron chi connectivity index (χ0n) is 13.0. The molecule has 2 atom stereocenters. The van der Waals surface area contributed by atoms with Crippen LogP contribution in [0.2, 0.25) is 19.6 Å². The number of methoxy groups -OCH3 is 1. The van der Waals surface area contributed by atoms with Crippen molar-refractivity contribution in [1.29, 1.82) is 0 Å². The van der Waals surface area contributed by atoms with Crippen LogP contribution in [0.5, 0.6) is 0 Å². The van der Waals surface area contributed by atoms with Gasteiger partial charge in [0.15, 0.2) is 8.32 Å². The van der Waals surface area contributed by atoms with Gasteiger partial charge >= 0.3 is 5.97 Å². The summed E-state index contributed by atoms with van der Waals surface area (Å²) in [4.78, 5) is 24.6. The maximum atomic E-state index is 12.4. The van der Waals surface area contributed by atoms with Gasteiger partial charge in [0, 0.05) is 6.42 Å². The number of ketones is 1. The Morgan fingerprint density at radius 3 is 2.50 bits per heavy atom. The van der Waals surface area contributed by atoms with Crippen LogP contribution in [-0.4, -0.2) is 32.8 Å². The van der Waals surface area contributed by atoms with Crippen LogP contribution in [0, 0.1) is 5.41 Å². The van der Waals surface area contributed by atoms with Gasteiger partial charge in [0.2, 0.25) is 0 Å². The fourth-order valence-electron chi connectivity index (χ4n) is 3.61. The summed E-state index contributed by atoms with van der Waals surface area (Å²) in [5.74, 6) is -0.144. The molecule has 0 aromatic heterocycles. The highest BCUT2D eigenvalue weighted by Gasteiger charge is 2.63. The summed E-state index contributed by atoms with van der Waals surface area (Å²) in [6.07, 6.45) is 4.45. The lowest BCUT2D eigenvalue weighted by Crippen LogP contribution is -2.56. The number of Topliss-reactive ketones (excluding diaryl/α,β-unsaturated/α-hetero) is 1. The average Bonchev–Trinajstić information content (AvgIpc) is 2.60. The van der Waals surface area contributed by atoms with Gasteiger partial charge in [0.1, 0.15) is 11.4 Å². The van der Waals surface area contributed by atoms with E-state index in [0.717, 1.165) is 12.8 Å². The number of allylic oxidation sites excluding steroid dienone is 1. The lowest BCUT2D eigenvalue weighted by molar-refractivity contribution is -0.143. The Morgan fingerprint density at radius 2 is 1.95 bits per heavy atom. The first-order chi connectivity index (χ1) is 9.16. The molecule has 2 aliphatic rings. The van der Waals surface area contributed by atoms with Crippen LogP contribution in [0.15, 0.2) is 11.6 Å². The highest BCUT2D eigenvalue weighted by Crippen LogP contribution is 2.56. The number of hydrogen-bond acceptors (Lipinski definition) is 4. The second-order valence-corrected chi connectivity index (χ2v) is 11.4. The summed E-state index contributed by atoms with van der Waals surface area (Å²) in [6, 6.07) is 0. The fourth-order valence-corrected chi connectivity index (χ4v) is 5.09. The molecule has 1 saturated carbocycles. The fraction of sp³-hybridized carbons (Fsp3) is 0.733. The lowest BCUT2D eigenvalue weighted by atomic mass is 9.65. The highest BCUT2D eigenvalue weighted by molar-refractivity contribution is 6.70. The van der Waals surface area contributed by atoms with Crippen molar-refractivity contribution in [3.8, 4) is 0 Å². The molecule has 0 bridgehead atoms. The third kappa shape index (κ3) is 2.17. The van der Waals surface area contributed by atoms with Crippen LogP contribution in [0.3, 0.4) is 0 Å². The SMILES string of the molecule is COC(=O)C1=CCC[C@]2(C)C(=O)CC[C@]12O[Si](C)(C)C. The predicted molar refractivity (Wildman–Crippen MR) is 78.8 cm³/mol. The number of hydrogen-bond donors (Lipinski definition) is 0. The molecule has 0 N–H and O–H groups in total. The Bertz CT molecular complexity index is 477. The predicted octanol–water partition coefficient (Wildman–Crippen LogP) is 2.84. The van der Waals surface area contributed by atoms with Crippen molar-refractivity contribution < 1.29 is 18.8 Å². The molecule has 0 spiro atoms. The first-order valence-electron chi connectivity index (χ1n) is 7.19. The van der Waals surface area contributed by atoms with E-state index >= 15 is 0 Å². The van der Waals surface area contributed by atoms with Crippen LogP contribution < -0.4 is 0 Å². The average molecular weight is 296 g/mol. The van der Waals surface area contributed by atoms with Gasteiger partial charge in [-0.2, -0.15) is 0 Å². The summed E-state index contributed by atoms with van der Waals surface area (Å²) >= 11 is 0. The van der Waals surface area contributed by atoms with Crippen molar-refractivity contribution in [2.45, 2.75) is 57.8 Å². The molecule has 0 radical (unpaired) electrons. The molecule has 1 fully saturated rings. The number of rotatable bonds is 3. The number of fused-ring (bicyclic) bond motifs is 1. The van der Waals surface area contributed by atoms with Gasteiger partial charge in [-0.25, -0.2) is 4.79 Å². The molecule has 5 heteroatoms. The van der Waals surface area contributed by atoms with Gasteiger partial charge in [-0.15, -0.1) is 0 Å². The first-order valence-corrected chi connectivity index (χ1v) is 10.6. The molecule has 112 valence electrons. The minimum absolute atomic E-state index is 0.213. The largest absolute Gasteiger partial charge is 0.466 e. The van der Waals surface area contributed by atoms with Gasteiger partial charge < -0.3 is 9.16 Å². The van der Waals surface area contributed by atoms with Crippen molar-refractivity contribution in [2.24, 2.45) is 5.41 Å². The molecule has 0 aromatic carbocycles.